The van der Waals surface area contributed by atoms with Crippen LogP contribution in [0, 0.1) is 0 Å². The first-order chi connectivity index (χ1) is 25.0. The number of nitrogens with one attached hydrogen (secondary N) is 2. The van der Waals surface area contributed by atoms with Gasteiger partial charge in [-0.1, -0.05) is 115 Å². The largest absolute Gasteiger partial charge is 0.467 e. The number of hydrogen-bond acceptors (Lipinski definition) is 9. The molecule has 1 aromatic heterocycles. The number of methoxy groups -OCH3 is 1. The molecular formula is C40H40N4O6S. The van der Waals surface area contributed by atoms with Gasteiger partial charge < -0.3 is 30.0 Å². The van der Waals surface area contributed by atoms with Crippen LogP contribution in [-0.4, -0.2) is 52.1 Å². The Bertz CT molecular complexity index is 1860. The Labute approximate surface area is 301 Å². The van der Waals surface area contributed by atoms with Crippen molar-refractivity contribution in [2.45, 2.75) is 55.7 Å². The molecule has 0 radical (unpaired) electrons. The molecule has 1 fully saturated rings. The van der Waals surface area contributed by atoms with E-state index in [0.29, 0.717) is 23.8 Å². The molecule has 51 heavy (non-hydrogen) atoms. The molecule has 1 aliphatic heterocycles. The van der Waals surface area contributed by atoms with E-state index >= 15 is 0 Å². The van der Waals surface area contributed by atoms with Gasteiger partial charge in [0.2, 0.25) is 0 Å². The lowest BCUT2D eigenvalue weighted by molar-refractivity contribution is -0.245. The zero-order valence-electron chi connectivity index (χ0n) is 28.2. The van der Waals surface area contributed by atoms with Gasteiger partial charge in [-0.25, -0.2) is 19.6 Å². The van der Waals surface area contributed by atoms with Crippen LogP contribution in [0.2, 0.25) is 0 Å². The first-order valence-electron chi connectivity index (χ1n) is 16.7. The molecule has 1 aliphatic rings. The van der Waals surface area contributed by atoms with Gasteiger partial charge in [-0.05, 0) is 39.4 Å². The molecule has 4 aromatic carbocycles. The van der Waals surface area contributed by atoms with E-state index in [2.05, 4.69) is 20.6 Å². The summed E-state index contributed by atoms with van der Waals surface area (Å²) in [6.07, 6.45) is 3.51. The number of hydrogen-bond donors (Lipinski definition) is 3. The number of thioether (sulfide) groups is 1. The second kappa shape index (κ2) is 17.7. The molecule has 0 spiro atoms. The summed E-state index contributed by atoms with van der Waals surface area (Å²) in [6, 6.07) is 33.7. The topological polar surface area (TPSA) is 132 Å². The van der Waals surface area contributed by atoms with Crippen molar-refractivity contribution in [1.29, 1.82) is 0 Å². The summed E-state index contributed by atoms with van der Waals surface area (Å²) < 4.78 is 18.0. The number of amides is 2. The Morgan fingerprint density at radius 1 is 0.863 bits per heavy atom. The molecule has 0 bridgehead atoms. The molecule has 0 saturated carbocycles. The number of ether oxygens (including phenoxy) is 3. The van der Waals surface area contributed by atoms with Crippen LogP contribution in [0.1, 0.15) is 46.6 Å². The van der Waals surface area contributed by atoms with Gasteiger partial charge in [0.05, 0.1) is 25.9 Å². The third-order valence-corrected chi connectivity index (χ3v) is 9.59. The second-order valence-electron chi connectivity index (χ2n) is 12.1. The zero-order chi connectivity index (χ0) is 35.4. The van der Waals surface area contributed by atoms with E-state index in [-0.39, 0.29) is 25.4 Å². The summed E-state index contributed by atoms with van der Waals surface area (Å²) in [7, 11) is 1.31. The summed E-state index contributed by atoms with van der Waals surface area (Å²) in [5, 5.41) is 15.9. The maximum Gasteiger partial charge on any atom is 0.328 e. The highest BCUT2D eigenvalue weighted by Gasteiger charge is 2.32. The van der Waals surface area contributed by atoms with Gasteiger partial charge >= 0.3 is 12.0 Å². The fraction of sp³-hybridized carbons (Fsp3) is 0.250. The number of aliphatic hydroxyl groups excluding tert-OH is 1. The number of esters is 1. The lowest BCUT2D eigenvalue weighted by atomic mass is 9.98. The molecule has 0 aliphatic carbocycles. The van der Waals surface area contributed by atoms with Gasteiger partial charge in [0.25, 0.3) is 0 Å². The fourth-order valence-electron chi connectivity index (χ4n) is 5.90. The van der Waals surface area contributed by atoms with Gasteiger partial charge in [0.1, 0.15) is 6.04 Å². The van der Waals surface area contributed by atoms with Crippen molar-refractivity contribution < 1.29 is 28.9 Å². The smallest absolute Gasteiger partial charge is 0.328 e. The lowest BCUT2D eigenvalue weighted by Crippen LogP contribution is -2.47. The average molecular weight is 705 g/mol. The Hall–Kier alpha value is -5.07. The number of benzene rings is 4. The molecule has 11 heteroatoms. The standard InChI is InChI=1S/C40H40N4O6S/c1-48-37(46)35(22-27-8-3-2-4-9-27)44-39(47)43-24-32-10-5-6-11-34(32)29-16-18-31(19-17-29)38-49-33(26-51-40-41-20-7-21-42-40)23-36(50-38)30-14-12-28(25-45)13-15-30/h2-21,33,35-36,38,45H,22-26H2,1H3,(H2,43,44,47). The summed E-state index contributed by atoms with van der Waals surface area (Å²) in [6.45, 7) is 0.232. The summed E-state index contributed by atoms with van der Waals surface area (Å²) in [4.78, 5) is 34.1. The fourth-order valence-corrected chi connectivity index (χ4v) is 6.72. The molecule has 5 aromatic rings. The van der Waals surface area contributed by atoms with Crippen molar-refractivity contribution in [1.82, 2.24) is 20.6 Å². The Kier molecular flexibility index (Phi) is 12.4. The van der Waals surface area contributed by atoms with Crippen LogP contribution < -0.4 is 10.6 Å². The highest BCUT2D eigenvalue weighted by Crippen LogP contribution is 2.39. The Balaban J connectivity index is 1.13. The van der Waals surface area contributed by atoms with E-state index in [1.165, 1.54) is 7.11 Å². The van der Waals surface area contributed by atoms with Gasteiger partial charge in [-0.15, -0.1) is 0 Å². The van der Waals surface area contributed by atoms with Gasteiger partial charge in [-0.2, -0.15) is 0 Å². The number of carbonyl (C=O) groups excluding carboxylic acids is 2. The first-order valence-corrected chi connectivity index (χ1v) is 17.7. The summed E-state index contributed by atoms with van der Waals surface area (Å²) >= 11 is 1.55. The van der Waals surface area contributed by atoms with Crippen molar-refractivity contribution in [2.24, 2.45) is 0 Å². The molecule has 10 nitrogen and oxygen atoms in total. The van der Waals surface area contributed by atoms with Gasteiger partial charge in [0.15, 0.2) is 11.4 Å². The molecular weight excluding hydrogens is 665 g/mol. The van der Waals surface area contributed by atoms with Gasteiger partial charge in [0, 0.05) is 43.1 Å². The van der Waals surface area contributed by atoms with Crippen LogP contribution in [0.25, 0.3) is 11.1 Å². The number of urea groups is 1. The van der Waals surface area contributed by atoms with Crippen molar-refractivity contribution in [3.8, 4) is 11.1 Å². The maximum atomic E-state index is 12.9. The number of aromatic nitrogens is 2. The van der Waals surface area contributed by atoms with Crippen molar-refractivity contribution >= 4 is 23.8 Å². The number of rotatable bonds is 13. The van der Waals surface area contributed by atoms with Gasteiger partial charge in [-0.3, -0.25) is 0 Å². The first kappa shape index (κ1) is 35.7. The Morgan fingerprint density at radius 2 is 1.57 bits per heavy atom. The van der Waals surface area contributed by atoms with Crippen molar-refractivity contribution in [3.05, 3.63) is 149 Å². The molecule has 6 rings (SSSR count). The minimum absolute atomic E-state index is 0.0166. The number of nitrogens with zero attached hydrogens (tertiary/aromatic N) is 2. The normalized spacial score (nSPS) is 17.6. The van der Waals surface area contributed by atoms with E-state index in [1.807, 2.05) is 103 Å². The van der Waals surface area contributed by atoms with Crippen LogP contribution in [0.15, 0.2) is 127 Å². The predicted molar refractivity (Wildman–Crippen MR) is 194 cm³/mol. The van der Waals surface area contributed by atoms with Crippen molar-refractivity contribution in [2.75, 3.05) is 12.9 Å². The van der Waals surface area contributed by atoms with Crippen LogP contribution >= 0.6 is 11.8 Å². The monoisotopic (exact) mass is 704 g/mol. The molecule has 4 atom stereocenters. The van der Waals surface area contributed by atoms with E-state index in [0.717, 1.165) is 38.9 Å². The zero-order valence-corrected chi connectivity index (χ0v) is 29.0. The minimum atomic E-state index is -0.825. The highest BCUT2D eigenvalue weighted by atomic mass is 32.2. The summed E-state index contributed by atoms with van der Waals surface area (Å²) in [5.41, 5.74) is 6.49. The predicted octanol–water partition coefficient (Wildman–Crippen LogP) is 6.56. The van der Waals surface area contributed by atoms with E-state index < -0.39 is 24.3 Å². The minimum Gasteiger partial charge on any atom is -0.467 e. The molecule has 262 valence electrons. The molecule has 2 heterocycles. The molecule has 4 unspecified atom stereocenters. The molecule has 2 amide bonds. The van der Waals surface area contributed by atoms with E-state index in [1.54, 1.807) is 30.2 Å². The van der Waals surface area contributed by atoms with E-state index in [4.69, 9.17) is 14.2 Å². The maximum absolute atomic E-state index is 12.9. The van der Waals surface area contributed by atoms with Crippen LogP contribution in [0.3, 0.4) is 0 Å². The highest BCUT2D eigenvalue weighted by molar-refractivity contribution is 7.99. The molecule has 3 N–H and O–H groups in total. The average Bonchev–Trinajstić information content (AvgIpc) is 3.19. The van der Waals surface area contributed by atoms with Crippen molar-refractivity contribution in [3.63, 3.8) is 0 Å². The third-order valence-electron chi connectivity index (χ3n) is 8.58. The van der Waals surface area contributed by atoms with E-state index in [9.17, 15) is 14.7 Å². The quantitative estimate of drug-likeness (QED) is 0.0709. The third kappa shape index (κ3) is 9.80. The van der Waals surface area contributed by atoms with Crippen LogP contribution in [0.5, 0.6) is 0 Å². The molecule has 1 saturated heterocycles. The lowest BCUT2D eigenvalue weighted by Gasteiger charge is -2.36. The summed E-state index contributed by atoms with van der Waals surface area (Å²) in [5.74, 6) is 0.148. The number of carbonyl (C=O) groups is 2. The second-order valence-corrected chi connectivity index (χ2v) is 13.1. The van der Waals surface area contributed by atoms with Crippen LogP contribution in [0.4, 0.5) is 4.79 Å². The van der Waals surface area contributed by atoms with Crippen LogP contribution in [-0.2, 0) is 38.6 Å². The number of aliphatic hydroxyl groups is 1. The Morgan fingerprint density at radius 3 is 2.29 bits per heavy atom. The SMILES string of the molecule is COC(=O)C(Cc1ccccc1)NC(=O)NCc1ccccc1-c1ccc(C2OC(CSc3ncccn3)CC(c3ccc(CO)cc3)O2)cc1.